The fraction of sp³-hybridized carbons (Fsp3) is 0.450. The molecule has 2 aromatic carbocycles. The summed E-state index contributed by atoms with van der Waals surface area (Å²) in [6.07, 6.45) is 0.633. The second kappa shape index (κ2) is 7.34. The normalized spacial score (nSPS) is 18.5. The van der Waals surface area contributed by atoms with E-state index in [-0.39, 0.29) is 12.1 Å². The molecule has 0 radical (unpaired) electrons. The summed E-state index contributed by atoms with van der Waals surface area (Å²) in [6, 6.07) is 13.0. The van der Waals surface area contributed by atoms with Crippen molar-refractivity contribution in [2.45, 2.75) is 45.4 Å². The highest BCUT2D eigenvalue weighted by Crippen LogP contribution is 2.25. The first-order valence-corrected chi connectivity index (χ1v) is 9.48. The van der Waals surface area contributed by atoms with Gasteiger partial charge in [0.15, 0.2) is 0 Å². The predicted molar refractivity (Wildman–Crippen MR) is 105 cm³/mol. The summed E-state index contributed by atoms with van der Waals surface area (Å²) in [6.45, 7) is 8.38. The summed E-state index contributed by atoms with van der Waals surface area (Å²) in [5, 5.41) is 5.46. The SMILES string of the molecule is CC(C)(C)OC(=O)NC1CCN(Cc2ccc3c(Br)cccc3c2)C1. The lowest BCUT2D eigenvalue weighted by molar-refractivity contribution is 0.0506. The Morgan fingerprint density at radius 3 is 2.88 bits per heavy atom. The van der Waals surface area contributed by atoms with Crippen LogP contribution in [0.1, 0.15) is 32.8 Å². The van der Waals surface area contributed by atoms with Crippen LogP contribution in [0.4, 0.5) is 4.79 Å². The van der Waals surface area contributed by atoms with Gasteiger partial charge < -0.3 is 10.1 Å². The number of ether oxygens (including phenoxy) is 1. The third kappa shape index (κ3) is 4.95. The summed E-state index contributed by atoms with van der Waals surface area (Å²) in [7, 11) is 0. The number of amides is 1. The van der Waals surface area contributed by atoms with Gasteiger partial charge in [-0.15, -0.1) is 0 Å². The van der Waals surface area contributed by atoms with Crippen LogP contribution in [-0.2, 0) is 11.3 Å². The molecule has 1 fully saturated rings. The Labute approximate surface area is 157 Å². The number of benzene rings is 2. The van der Waals surface area contributed by atoms with Gasteiger partial charge in [0.25, 0.3) is 0 Å². The highest BCUT2D eigenvalue weighted by molar-refractivity contribution is 9.10. The first-order chi connectivity index (χ1) is 11.8. The number of rotatable bonds is 3. The predicted octanol–water partition coefficient (Wildman–Crippen LogP) is 4.70. The molecule has 0 saturated carbocycles. The molecular formula is C20H25BrN2O2. The van der Waals surface area contributed by atoms with Crippen molar-refractivity contribution in [3.63, 3.8) is 0 Å². The zero-order valence-electron chi connectivity index (χ0n) is 15.0. The lowest BCUT2D eigenvalue weighted by atomic mass is 10.1. The van der Waals surface area contributed by atoms with Crippen molar-refractivity contribution >= 4 is 32.8 Å². The monoisotopic (exact) mass is 404 g/mol. The third-order valence-corrected chi connectivity index (χ3v) is 4.98. The lowest BCUT2D eigenvalue weighted by Gasteiger charge is -2.22. The van der Waals surface area contributed by atoms with Crippen molar-refractivity contribution in [2.24, 2.45) is 0 Å². The van der Waals surface area contributed by atoms with Gasteiger partial charge in [0.1, 0.15) is 5.60 Å². The van der Waals surface area contributed by atoms with Crippen LogP contribution < -0.4 is 5.32 Å². The van der Waals surface area contributed by atoms with Crippen molar-refractivity contribution in [3.8, 4) is 0 Å². The van der Waals surface area contributed by atoms with E-state index in [1.54, 1.807) is 0 Å². The number of halogens is 1. The minimum Gasteiger partial charge on any atom is -0.444 e. The number of carbonyl (C=O) groups is 1. The summed E-state index contributed by atoms with van der Waals surface area (Å²) < 4.78 is 6.46. The van der Waals surface area contributed by atoms with Crippen LogP contribution in [0.25, 0.3) is 10.8 Å². The van der Waals surface area contributed by atoms with E-state index >= 15 is 0 Å². The molecule has 0 aromatic heterocycles. The van der Waals surface area contributed by atoms with Crippen LogP contribution in [0, 0.1) is 0 Å². The van der Waals surface area contributed by atoms with Gasteiger partial charge >= 0.3 is 6.09 Å². The molecule has 1 unspecified atom stereocenters. The quantitative estimate of drug-likeness (QED) is 0.805. The Hall–Kier alpha value is -1.59. The van der Waals surface area contributed by atoms with Gasteiger partial charge in [-0.25, -0.2) is 4.79 Å². The minimum absolute atomic E-state index is 0.157. The topological polar surface area (TPSA) is 41.6 Å². The number of carbonyl (C=O) groups excluding carboxylic acids is 1. The number of likely N-dealkylation sites (tertiary alicyclic amines) is 1. The van der Waals surface area contributed by atoms with E-state index in [0.717, 1.165) is 30.5 Å². The molecular weight excluding hydrogens is 380 g/mol. The molecule has 1 aliphatic heterocycles. The van der Waals surface area contributed by atoms with E-state index in [1.807, 2.05) is 20.8 Å². The molecule has 1 heterocycles. The van der Waals surface area contributed by atoms with E-state index in [4.69, 9.17) is 4.74 Å². The molecule has 1 amide bonds. The molecule has 2 aromatic rings. The Bertz CT molecular complexity index is 770. The smallest absolute Gasteiger partial charge is 0.407 e. The summed E-state index contributed by atoms with van der Waals surface area (Å²) in [5.41, 5.74) is 0.838. The fourth-order valence-corrected chi connectivity index (χ4v) is 3.73. The molecule has 1 atom stereocenters. The number of nitrogens with one attached hydrogen (secondary N) is 1. The van der Waals surface area contributed by atoms with Gasteiger partial charge in [0, 0.05) is 30.1 Å². The van der Waals surface area contributed by atoms with Crippen molar-refractivity contribution in [2.75, 3.05) is 13.1 Å². The highest BCUT2D eigenvalue weighted by atomic mass is 79.9. The molecule has 1 N–H and O–H groups in total. The number of hydrogen-bond donors (Lipinski definition) is 1. The maximum atomic E-state index is 11.9. The van der Waals surface area contributed by atoms with Gasteiger partial charge in [-0.3, -0.25) is 4.90 Å². The maximum absolute atomic E-state index is 11.9. The zero-order valence-corrected chi connectivity index (χ0v) is 16.6. The standard InChI is InChI=1S/C20H25BrN2O2/c1-20(2,3)25-19(24)22-16-9-10-23(13-16)12-14-7-8-17-15(11-14)5-4-6-18(17)21/h4-8,11,16H,9-10,12-13H2,1-3H3,(H,22,24). The van der Waals surface area contributed by atoms with Crippen LogP contribution in [0.3, 0.4) is 0 Å². The Morgan fingerprint density at radius 1 is 1.32 bits per heavy atom. The highest BCUT2D eigenvalue weighted by Gasteiger charge is 2.26. The van der Waals surface area contributed by atoms with Crippen molar-refractivity contribution < 1.29 is 9.53 Å². The lowest BCUT2D eigenvalue weighted by Crippen LogP contribution is -2.40. The molecule has 0 bridgehead atoms. The summed E-state index contributed by atoms with van der Waals surface area (Å²) >= 11 is 3.60. The largest absolute Gasteiger partial charge is 0.444 e. The van der Waals surface area contributed by atoms with Gasteiger partial charge in [0.05, 0.1) is 0 Å². The number of hydrogen-bond acceptors (Lipinski definition) is 3. The van der Waals surface area contributed by atoms with E-state index in [9.17, 15) is 4.79 Å². The van der Waals surface area contributed by atoms with Gasteiger partial charge in [-0.2, -0.15) is 0 Å². The molecule has 5 heteroatoms. The maximum Gasteiger partial charge on any atom is 0.407 e. The van der Waals surface area contributed by atoms with Gasteiger partial charge in [0.2, 0.25) is 0 Å². The molecule has 4 nitrogen and oxygen atoms in total. The molecule has 0 spiro atoms. The Balaban J connectivity index is 1.57. The van der Waals surface area contributed by atoms with Crippen molar-refractivity contribution in [3.05, 3.63) is 46.4 Å². The third-order valence-electron chi connectivity index (χ3n) is 4.29. The van der Waals surface area contributed by atoms with Crippen LogP contribution in [0.5, 0.6) is 0 Å². The molecule has 25 heavy (non-hydrogen) atoms. The number of alkyl carbamates (subject to hydrolysis) is 1. The second-order valence-corrected chi connectivity index (χ2v) is 8.52. The van der Waals surface area contributed by atoms with E-state index in [1.165, 1.54) is 16.3 Å². The van der Waals surface area contributed by atoms with Gasteiger partial charge in [-0.1, -0.05) is 40.2 Å². The van der Waals surface area contributed by atoms with E-state index < -0.39 is 5.60 Å². The minimum atomic E-state index is -0.457. The molecule has 3 rings (SSSR count). The molecule has 134 valence electrons. The second-order valence-electron chi connectivity index (χ2n) is 7.66. The van der Waals surface area contributed by atoms with Gasteiger partial charge in [-0.05, 0) is 55.7 Å². The average Bonchev–Trinajstić information content (AvgIpc) is 2.92. The van der Waals surface area contributed by atoms with Crippen LogP contribution in [0.2, 0.25) is 0 Å². The van der Waals surface area contributed by atoms with Crippen LogP contribution in [0.15, 0.2) is 40.9 Å². The Kier molecular flexibility index (Phi) is 5.35. The number of nitrogens with zero attached hydrogens (tertiary/aromatic N) is 1. The van der Waals surface area contributed by atoms with Crippen LogP contribution >= 0.6 is 15.9 Å². The molecule has 1 aliphatic rings. The zero-order chi connectivity index (χ0) is 18.0. The molecule has 0 aliphatic carbocycles. The van der Waals surface area contributed by atoms with E-state index in [2.05, 4.69) is 62.5 Å². The first-order valence-electron chi connectivity index (χ1n) is 8.69. The molecule has 1 saturated heterocycles. The van der Waals surface area contributed by atoms with Crippen molar-refractivity contribution in [1.82, 2.24) is 10.2 Å². The average molecular weight is 405 g/mol. The van der Waals surface area contributed by atoms with E-state index in [0.29, 0.717) is 0 Å². The fourth-order valence-electron chi connectivity index (χ4n) is 3.22. The first kappa shape index (κ1) is 18.2. The number of fused-ring (bicyclic) bond motifs is 1. The van der Waals surface area contributed by atoms with Crippen molar-refractivity contribution in [1.29, 1.82) is 0 Å². The summed E-state index contributed by atoms with van der Waals surface area (Å²) in [5.74, 6) is 0. The summed E-state index contributed by atoms with van der Waals surface area (Å²) in [4.78, 5) is 14.3. The Morgan fingerprint density at radius 2 is 2.12 bits per heavy atom. The van der Waals surface area contributed by atoms with Crippen LogP contribution in [-0.4, -0.2) is 35.7 Å².